The first-order valence-electron chi connectivity index (χ1n) is 8.80. The normalized spacial score (nSPS) is 16.1. The highest BCUT2D eigenvalue weighted by molar-refractivity contribution is 6.04. The molecule has 0 bridgehead atoms. The van der Waals surface area contributed by atoms with E-state index in [1.165, 1.54) is 15.8 Å². The van der Waals surface area contributed by atoms with E-state index in [0.29, 0.717) is 13.0 Å². The van der Waals surface area contributed by atoms with Crippen LogP contribution >= 0.6 is 0 Å². The molecule has 0 radical (unpaired) electrons. The van der Waals surface area contributed by atoms with Gasteiger partial charge in [0, 0.05) is 17.3 Å². The largest absolute Gasteiger partial charge is 0.385 e. The number of rotatable bonds is 6. The Morgan fingerprint density at radius 1 is 1.22 bits per heavy atom. The zero-order valence-corrected chi connectivity index (χ0v) is 14.1. The number of nitrogens with zero attached hydrogens (tertiary/aromatic N) is 1. The van der Waals surface area contributed by atoms with Crippen LogP contribution in [0.2, 0.25) is 0 Å². The summed E-state index contributed by atoms with van der Waals surface area (Å²) >= 11 is 0. The van der Waals surface area contributed by atoms with Crippen molar-refractivity contribution in [3.05, 3.63) is 35.5 Å². The Hall–Kier alpha value is -1.65. The highest BCUT2D eigenvalue weighted by Crippen LogP contribution is 2.32. The van der Waals surface area contributed by atoms with E-state index in [2.05, 4.69) is 30.5 Å². The molecule has 1 aliphatic rings. The van der Waals surface area contributed by atoms with Gasteiger partial charge >= 0.3 is 0 Å². The van der Waals surface area contributed by atoms with Crippen molar-refractivity contribution < 1.29 is 14.8 Å². The molecule has 0 spiro atoms. The highest BCUT2D eigenvalue weighted by atomic mass is 16.3. The Balaban J connectivity index is 1.97. The van der Waals surface area contributed by atoms with Crippen LogP contribution in [0.25, 0.3) is 10.9 Å². The third kappa shape index (κ3) is 3.06. The van der Waals surface area contributed by atoms with Crippen LogP contribution in [0.3, 0.4) is 0 Å². The lowest BCUT2D eigenvalue weighted by Gasteiger charge is -2.21. The number of hydrogen-bond donors (Lipinski definition) is 2. The number of Topliss-reactive ketones (excluding diaryl/α,β-unsaturated/α-hetero) is 1. The molecular weight excluding hydrogens is 288 g/mol. The average Bonchev–Trinajstić information content (AvgIpc) is 2.88. The molecular formula is C19H27N2O2+. The van der Waals surface area contributed by atoms with Crippen molar-refractivity contribution in [2.24, 2.45) is 0 Å². The molecule has 1 atom stereocenters. The number of aryl methyl sites for hydroxylation is 1. The van der Waals surface area contributed by atoms with Gasteiger partial charge in [-0.3, -0.25) is 4.79 Å². The van der Waals surface area contributed by atoms with Crippen LogP contribution in [-0.4, -0.2) is 41.2 Å². The van der Waals surface area contributed by atoms with Crippen LogP contribution in [0, 0.1) is 0 Å². The van der Waals surface area contributed by atoms with Crippen molar-refractivity contribution in [2.45, 2.75) is 45.8 Å². The molecule has 0 amide bonds. The zero-order valence-electron chi connectivity index (χ0n) is 14.1. The zero-order chi connectivity index (χ0) is 16.4. The fraction of sp³-hybridized carbons (Fsp3) is 0.526. The van der Waals surface area contributed by atoms with Crippen molar-refractivity contribution in [3.8, 4) is 0 Å². The Morgan fingerprint density at radius 2 is 1.96 bits per heavy atom. The third-order valence-electron chi connectivity index (χ3n) is 5.09. The fourth-order valence-electron chi connectivity index (χ4n) is 3.83. The molecule has 1 aromatic carbocycles. The van der Waals surface area contributed by atoms with Gasteiger partial charge in [-0.1, -0.05) is 18.2 Å². The molecule has 23 heavy (non-hydrogen) atoms. The predicted octanol–water partition coefficient (Wildman–Crippen LogP) is 1.45. The van der Waals surface area contributed by atoms with Crippen molar-refractivity contribution in [1.29, 1.82) is 0 Å². The van der Waals surface area contributed by atoms with Gasteiger partial charge in [-0.05, 0) is 38.3 Å². The quantitative estimate of drug-likeness (QED) is 0.847. The third-order valence-corrected chi connectivity index (χ3v) is 5.09. The summed E-state index contributed by atoms with van der Waals surface area (Å²) < 4.78 is 2.07. The van der Waals surface area contributed by atoms with E-state index in [1.807, 2.05) is 12.1 Å². The first kappa shape index (κ1) is 16.2. The number of likely N-dealkylation sites (N-methyl/N-ethyl adjacent to an activating group) is 1. The van der Waals surface area contributed by atoms with Gasteiger partial charge in [-0.2, -0.15) is 0 Å². The molecule has 1 aliphatic carbocycles. The number of nitrogens with one attached hydrogen (secondary N) is 1. The van der Waals surface area contributed by atoms with Crippen LogP contribution in [-0.2, 0) is 13.0 Å². The standard InChI is InChI=1S/C19H26N2O2/c1-3-20(4-2)12-14(22)13-21-17-10-6-5-8-15(17)16-9-7-11-18(23)19(16)21/h5-6,8,10,14,22H,3-4,7,9,11-13H2,1-2H3/p+1/t14-/m1/s1. The Labute approximate surface area is 137 Å². The van der Waals surface area contributed by atoms with Crippen LogP contribution < -0.4 is 4.90 Å². The topological polar surface area (TPSA) is 46.7 Å². The van der Waals surface area contributed by atoms with Gasteiger partial charge in [0.05, 0.1) is 25.3 Å². The van der Waals surface area contributed by atoms with Crippen LogP contribution in [0.1, 0.15) is 42.7 Å². The van der Waals surface area contributed by atoms with Crippen LogP contribution in [0.15, 0.2) is 24.3 Å². The average molecular weight is 315 g/mol. The van der Waals surface area contributed by atoms with Crippen molar-refractivity contribution in [2.75, 3.05) is 19.6 Å². The Bertz CT molecular complexity index is 701. The smallest absolute Gasteiger partial charge is 0.179 e. The first-order chi connectivity index (χ1) is 11.2. The summed E-state index contributed by atoms with van der Waals surface area (Å²) in [6.07, 6.45) is 2.10. The number of para-hydroxylation sites is 1. The van der Waals surface area contributed by atoms with Crippen molar-refractivity contribution in [1.82, 2.24) is 4.57 Å². The molecule has 2 N–H and O–H groups in total. The van der Waals surface area contributed by atoms with Gasteiger partial charge < -0.3 is 14.6 Å². The molecule has 0 aliphatic heterocycles. The van der Waals surface area contributed by atoms with E-state index >= 15 is 0 Å². The van der Waals surface area contributed by atoms with E-state index in [9.17, 15) is 9.90 Å². The molecule has 2 aromatic rings. The lowest BCUT2D eigenvalue weighted by atomic mass is 9.94. The number of aromatic nitrogens is 1. The Kier molecular flexibility index (Phi) is 4.83. The summed E-state index contributed by atoms with van der Waals surface area (Å²) in [6.45, 7) is 7.53. The number of carbonyl (C=O) groups is 1. The van der Waals surface area contributed by atoms with Gasteiger partial charge in [0.1, 0.15) is 12.6 Å². The fourth-order valence-corrected chi connectivity index (χ4v) is 3.83. The van der Waals surface area contributed by atoms with Crippen LogP contribution in [0.4, 0.5) is 0 Å². The molecule has 0 saturated heterocycles. The van der Waals surface area contributed by atoms with Gasteiger partial charge in [-0.25, -0.2) is 0 Å². The van der Waals surface area contributed by atoms with E-state index in [-0.39, 0.29) is 5.78 Å². The van der Waals surface area contributed by atoms with Gasteiger partial charge in [0.15, 0.2) is 5.78 Å². The summed E-state index contributed by atoms with van der Waals surface area (Å²) in [4.78, 5) is 13.9. The summed E-state index contributed by atoms with van der Waals surface area (Å²) in [5, 5.41) is 11.7. The number of carbonyl (C=O) groups excluding carboxylic acids is 1. The van der Waals surface area contributed by atoms with E-state index in [0.717, 1.165) is 43.7 Å². The maximum absolute atomic E-state index is 12.5. The number of quaternary nitrogens is 1. The number of ketones is 1. The minimum absolute atomic E-state index is 0.227. The number of benzene rings is 1. The first-order valence-corrected chi connectivity index (χ1v) is 8.80. The van der Waals surface area contributed by atoms with Gasteiger partial charge in [0.2, 0.25) is 0 Å². The summed E-state index contributed by atoms with van der Waals surface area (Å²) in [6, 6.07) is 8.21. The second kappa shape index (κ2) is 6.85. The lowest BCUT2D eigenvalue weighted by Crippen LogP contribution is -3.12. The minimum atomic E-state index is -0.431. The maximum atomic E-state index is 12.5. The molecule has 0 fully saturated rings. The molecule has 4 heteroatoms. The summed E-state index contributed by atoms with van der Waals surface area (Å²) in [7, 11) is 0. The number of hydrogen-bond acceptors (Lipinski definition) is 2. The lowest BCUT2D eigenvalue weighted by molar-refractivity contribution is -0.899. The molecule has 1 heterocycles. The summed E-state index contributed by atoms with van der Waals surface area (Å²) in [5.41, 5.74) is 3.10. The number of fused-ring (bicyclic) bond motifs is 3. The highest BCUT2D eigenvalue weighted by Gasteiger charge is 2.27. The minimum Gasteiger partial charge on any atom is -0.385 e. The molecule has 0 unspecified atom stereocenters. The van der Waals surface area contributed by atoms with Crippen molar-refractivity contribution in [3.63, 3.8) is 0 Å². The maximum Gasteiger partial charge on any atom is 0.179 e. The monoisotopic (exact) mass is 315 g/mol. The SMILES string of the molecule is CC[NH+](CC)C[C@@H](O)Cn1c2c(c3ccccc31)CCCC2=O. The van der Waals surface area contributed by atoms with E-state index < -0.39 is 6.10 Å². The van der Waals surface area contributed by atoms with Crippen molar-refractivity contribution >= 4 is 16.7 Å². The summed E-state index contributed by atoms with van der Waals surface area (Å²) in [5.74, 6) is 0.227. The number of aliphatic hydroxyl groups excluding tert-OH is 1. The Morgan fingerprint density at radius 3 is 2.70 bits per heavy atom. The molecule has 0 saturated carbocycles. The predicted molar refractivity (Wildman–Crippen MR) is 92.1 cm³/mol. The molecule has 3 rings (SSSR count). The van der Waals surface area contributed by atoms with Crippen LogP contribution in [0.5, 0.6) is 0 Å². The number of aliphatic hydroxyl groups is 1. The second-order valence-electron chi connectivity index (χ2n) is 6.55. The molecule has 124 valence electrons. The molecule has 1 aromatic heterocycles. The van der Waals surface area contributed by atoms with E-state index in [1.54, 1.807) is 0 Å². The van der Waals surface area contributed by atoms with Gasteiger partial charge in [-0.15, -0.1) is 0 Å². The van der Waals surface area contributed by atoms with E-state index in [4.69, 9.17) is 0 Å². The second-order valence-corrected chi connectivity index (χ2v) is 6.55. The van der Waals surface area contributed by atoms with Gasteiger partial charge in [0.25, 0.3) is 0 Å². The molecule has 4 nitrogen and oxygen atoms in total.